The smallest absolute Gasteiger partial charge is 0.254 e. The zero-order valence-electron chi connectivity index (χ0n) is 10.7. The largest absolute Gasteiger partial charge is 0.349 e. The Hall–Kier alpha value is -1.09. The Morgan fingerprint density at radius 3 is 2.56 bits per heavy atom. The second-order valence-corrected chi connectivity index (χ2v) is 5.31. The molecule has 1 aliphatic rings. The van der Waals surface area contributed by atoms with Gasteiger partial charge in [-0.15, -0.1) is 0 Å². The van der Waals surface area contributed by atoms with Gasteiger partial charge in [0.1, 0.15) is 5.15 Å². The van der Waals surface area contributed by atoms with Crippen molar-refractivity contribution in [2.75, 3.05) is 0 Å². The molecule has 1 fully saturated rings. The van der Waals surface area contributed by atoms with Gasteiger partial charge in [-0.05, 0) is 31.9 Å². The van der Waals surface area contributed by atoms with Crippen LogP contribution in [0.1, 0.15) is 54.6 Å². The Balaban J connectivity index is 2.02. The number of hydrogen-bond acceptors (Lipinski definition) is 2. The highest BCUT2D eigenvalue weighted by Crippen LogP contribution is 2.19. The third-order valence-corrected chi connectivity index (χ3v) is 3.71. The molecule has 98 valence electrons. The molecular formula is C14H19ClN2O. The van der Waals surface area contributed by atoms with E-state index < -0.39 is 0 Å². The quantitative estimate of drug-likeness (QED) is 0.658. The number of rotatable bonds is 2. The zero-order valence-corrected chi connectivity index (χ0v) is 11.5. The Morgan fingerprint density at radius 2 is 1.94 bits per heavy atom. The number of halogens is 1. The minimum atomic E-state index is -0.0978. The van der Waals surface area contributed by atoms with E-state index in [2.05, 4.69) is 10.3 Å². The van der Waals surface area contributed by atoms with Crippen LogP contribution in [0.25, 0.3) is 0 Å². The molecule has 0 atom stereocenters. The molecule has 1 aromatic rings. The summed E-state index contributed by atoms with van der Waals surface area (Å²) in [7, 11) is 0. The fraction of sp³-hybridized carbons (Fsp3) is 0.571. The van der Waals surface area contributed by atoms with Crippen LogP contribution in [0.2, 0.25) is 5.15 Å². The molecule has 1 N–H and O–H groups in total. The standard InChI is InChI=1S/C14H19ClN2O/c1-10-8-9-12(13(15)16-10)14(18)17-11-6-4-2-3-5-7-11/h8-9,11H,2-7H2,1H3,(H,17,18). The highest BCUT2D eigenvalue weighted by atomic mass is 35.5. The van der Waals surface area contributed by atoms with Crippen LogP contribution >= 0.6 is 11.6 Å². The second kappa shape index (κ2) is 6.19. The number of carbonyl (C=O) groups is 1. The lowest BCUT2D eigenvalue weighted by molar-refractivity contribution is 0.0933. The first-order chi connectivity index (χ1) is 8.66. The fourth-order valence-corrected chi connectivity index (χ4v) is 2.66. The van der Waals surface area contributed by atoms with E-state index in [1.54, 1.807) is 6.07 Å². The van der Waals surface area contributed by atoms with Gasteiger partial charge in [-0.2, -0.15) is 0 Å². The van der Waals surface area contributed by atoms with Crippen LogP contribution < -0.4 is 5.32 Å². The number of pyridine rings is 1. The SMILES string of the molecule is Cc1ccc(C(=O)NC2CCCCCC2)c(Cl)n1. The van der Waals surface area contributed by atoms with Crippen molar-refractivity contribution < 1.29 is 4.79 Å². The Labute approximate surface area is 113 Å². The van der Waals surface area contributed by atoms with Gasteiger partial charge in [-0.1, -0.05) is 37.3 Å². The summed E-state index contributed by atoms with van der Waals surface area (Å²) >= 11 is 6.00. The molecule has 1 aliphatic carbocycles. The number of nitrogens with zero attached hydrogens (tertiary/aromatic N) is 1. The van der Waals surface area contributed by atoms with E-state index in [-0.39, 0.29) is 11.9 Å². The van der Waals surface area contributed by atoms with E-state index in [9.17, 15) is 4.79 Å². The molecule has 0 radical (unpaired) electrons. The Kier molecular flexibility index (Phi) is 4.59. The van der Waals surface area contributed by atoms with E-state index in [0.29, 0.717) is 10.7 Å². The van der Waals surface area contributed by atoms with Crippen molar-refractivity contribution in [3.8, 4) is 0 Å². The van der Waals surface area contributed by atoms with Gasteiger partial charge < -0.3 is 5.32 Å². The van der Waals surface area contributed by atoms with E-state index in [0.717, 1.165) is 18.5 Å². The fourth-order valence-electron chi connectivity index (χ4n) is 2.38. The van der Waals surface area contributed by atoms with Crippen LogP contribution in [-0.2, 0) is 0 Å². The topological polar surface area (TPSA) is 42.0 Å². The molecule has 0 saturated heterocycles. The van der Waals surface area contributed by atoms with Gasteiger partial charge in [0.25, 0.3) is 5.91 Å². The summed E-state index contributed by atoms with van der Waals surface area (Å²) in [4.78, 5) is 16.2. The van der Waals surface area contributed by atoms with Crippen molar-refractivity contribution in [3.05, 3.63) is 28.5 Å². The van der Waals surface area contributed by atoms with E-state index >= 15 is 0 Å². The molecule has 1 heterocycles. The van der Waals surface area contributed by atoms with Crippen molar-refractivity contribution in [1.82, 2.24) is 10.3 Å². The number of aromatic nitrogens is 1. The van der Waals surface area contributed by atoms with Crippen LogP contribution in [0, 0.1) is 6.92 Å². The van der Waals surface area contributed by atoms with Gasteiger partial charge >= 0.3 is 0 Å². The summed E-state index contributed by atoms with van der Waals surface area (Å²) in [5.41, 5.74) is 1.30. The lowest BCUT2D eigenvalue weighted by atomic mass is 10.1. The summed E-state index contributed by atoms with van der Waals surface area (Å²) in [6.45, 7) is 1.86. The van der Waals surface area contributed by atoms with Crippen LogP contribution in [0.15, 0.2) is 12.1 Å². The first-order valence-corrected chi connectivity index (χ1v) is 6.98. The van der Waals surface area contributed by atoms with Gasteiger partial charge in [0.05, 0.1) is 5.56 Å². The van der Waals surface area contributed by atoms with Crippen molar-refractivity contribution in [2.45, 2.75) is 51.5 Å². The van der Waals surface area contributed by atoms with Gasteiger partial charge in [0.15, 0.2) is 0 Å². The Bertz CT molecular complexity index is 426. The molecule has 1 aromatic heterocycles. The normalized spacial score (nSPS) is 17.2. The third kappa shape index (κ3) is 3.45. The molecular weight excluding hydrogens is 248 g/mol. The predicted molar refractivity (Wildman–Crippen MR) is 72.9 cm³/mol. The van der Waals surface area contributed by atoms with Gasteiger partial charge in [-0.3, -0.25) is 4.79 Å². The molecule has 0 aromatic carbocycles. The molecule has 0 unspecified atom stereocenters. The zero-order chi connectivity index (χ0) is 13.0. The molecule has 0 spiro atoms. The molecule has 0 aliphatic heterocycles. The summed E-state index contributed by atoms with van der Waals surface area (Å²) in [6.07, 6.45) is 7.10. The first kappa shape index (κ1) is 13.3. The summed E-state index contributed by atoms with van der Waals surface area (Å²) in [5, 5.41) is 3.36. The lowest BCUT2D eigenvalue weighted by Crippen LogP contribution is -2.34. The lowest BCUT2D eigenvalue weighted by Gasteiger charge is -2.16. The highest BCUT2D eigenvalue weighted by molar-refractivity contribution is 6.32. The minimum absolute atomic E-state index is 0.0978. The summed E-state index contributed by atoms with van der Waals surface area (Å²) < 4.78 is 0. The minimum Gasteiger partial charge on any atom is -0.349 e. The van der Waals surface area contributed by atoms with Crippen LogP contribution in [-0.4, -0.2) is 16.9 Å². The number of aryl methyl sites for hydroxylation is 1. The molecule has 2 rings (SSSR count). The number of carbonyl (C=O) groups excluding carboxylic acids is 1. The number of amides is 1. The molecule has 1 amide bonds. The average Bonchev–Trinajstić information content (AvgIpc) is 2.57. The summed E-state index contributed by atoms with van der Waals surface area (Å²) in [5.74, 6) is -0.0978. The molecule has 1 saturated carbocycles. The molecule has 0 bridgehead atoms. The number of hydrogen-bond donors (Lipinski definition) is 1. The van der Waals surface area contributed by atoms with E-state index in [1.807, 2.05) is 13.0 Å². The maximum absolute atomic E-state index is 12.1. The third-order valence-electron chi connectivity index (χ3n) is 3.42. The Morgan fingerprint density at radius 1 is 1.28 bits per heavy atom. The van der Waals surface area contributed by atoms with Gasteiger partial charge in [-0.25, -0.2) is 4.98 Å². The maximum Gasteiger partial charge on any atom is 0.254 e. The molecule has 18 heavy (non-hydrogen) atoms. The second-order valence-electron chi connectivity index (χ2n) is 4.95. The molecule has 3 nitrogen and oxygen atoms in total. The van der Waals surface area contributed by atoms with E-state index in [4.69, 9.17) is 11.6 Å². The maximum atomic E-state index is 12.1. The van der Waals surface area contributed by atoms with Gasteiger partial charge in [0, 0.05) is 11.7 Å². The summed E-state index contributed by atoms with van der Waals surface area (Å²) in [6, 6.07) is 3.85. The van der Waals surface area contributed by atoms with Crippen LogP contribution in [0.3, 0.4) is 0 Å². The van der Waals surface area contributed by atoms with Crippen molar-refractivity contribution >= 4 is 17.5 Å². The monoisotopic (exact) mass is 266 g/mol. The van der Waals surface area contributed by atoms with Crippen molar-refractivity contribution in [3.63, 3.8) is 0 Å². The van der Waals surface area contributed by atoms with Crippen molar-refractivity contribution in [1.29, 1.82) is 0 Å². The van der Waals surface area contributed by atoms with Crippen LogP contribution in [0.4, 0.5) is 0 Å². The van der Waals surface area contributed by atoms with Crippen LogP contribution in [0.5, 0.6) is 0 Å². The van der Waals surface area contributed by atoms with Crippen molar-refractivity contribution in [2.24, 2.45) is 0 Å². The first-order valence-electron chi connectivity index (χ1n) is 6.61. The van der Waals surface area contributed by atoms with E-state index in [1.165, 1.54) is 25.7 Å². The highest BCUT2D eigenvalue weighted by Gasteiger charge is 2.17. The molecule has 4 heteroatoms. The number of nitrogens with one attached hydrogen (secondary N) is 1. The average molecular weight is 267 g/mol. The predicted octanol–water partition coefficient (Wildman–Crippen LogP) is 3.50. The van der Waals surface area contributed by atoms with Gasteiger partial charge in [0.2, 0.25) is 0 Å².